The maximum absolute atomic E-state index is 11.7. The molecular weight excluding hydrogens is 480 g/mol. The Morgan fingerprint density at radius 2 is 1.64 bits per heavy atom. The van der Waals surface area contributed by atoms with Crippen LogP contribution in [0.3, 0.4) is 0 Å². The molecule has 0 aliphatic carbocycles. The summed E-state index contributed by atoms with van der Waals surface area (Å²) in [4.78, 5) is 9.46. The van der Waals surface area contributed by atoms with E-state index in [1.54, 1.807) is 27.5 Å². The van der Waals surface area contributed by atoms with E-state index in [-0.39, 0.29) is 6.54 Å². The summed E-state index contributed by atoms with van der Waals surface area (Å²) in [5, 5.41) is 6.01. The van der Waals surface area contributed by atoms with Crippen molar-refractivity contribution >= 4 is 37.5 Å². The lowest BCUT2D eigenvalue weighted by Gasteiger charge is -2.16. The minimum absolute atomic E-state index is 0.0606. The van der Waals surface area contributed by atoms with E-state index in [9.17, 15) is 8.42 Å². The maximum atomic E-state index is 11.7. The molecule has 0 saturated carbocycles. The van der Waals surface area contributed by atoms with Gasteiger partial charge in [-0.3, -0.25) is 4.98 Å². The van der Waals surface area contributed by atoms with Gasteiger partial charge >= 0.3 is 0 Å². The first kappa shape index (κ1) is 25.5. The fraction of sp³-hybridized carbons (Fsp3) is 0.308. The largest absolute Gasteiger partial charge is 0.497 e. The Morgan fingerprint density at radius 1 is 0.917 bits per heavy atom. The Kier molecular flexibility index (Phi) is 7.46. The molecule has 0 spiro atoms. The molecule has 0 aliphatic rings. The first-order chi connectivity index (χ1) is 17.3. The average Bonchev–Trinajstić information content (AvgIpc) is 2.86. The van der Waals surface area contributed by atoms with Gasteiger partial charge in [0.2, 0.25) is 10.0 Å². The first-order valence-electron chi connectivity index (χ1n) is 11.4. The zero-order chi connectivity index (χ0) is 25.9. The zero-order valence-corrected chi connectivity index (χ0v) is 21.8. The van der Waals surface area contributed by atoms with Crippen molar-refractivity contribution in [3.63, 3.8) is 0 Å². The molecule has 0 bridgehead atoms. The van der Waals surface area contributed by atoms with Crippen molar-refractivity contribution in [2.45, 2.75) is 19.9 Å². The number of aromatic nitrogens is 2. The average molecular weight is 511 g/mol. The molecule has 36 heavy (non-hydrogen) atoms. The number of hydrogen-bond donors (Lipinski definition) is 2. The Morgan fingerprint density at radius 3 is 2.28 bits per heavy atom. The maximum Gasteiger partial charge on any atom is 0.209 e. The lowest BCUT2D eigenvalue weighted by molar-refractivity contribution is 0.356. The molecule has 4 rings (SSSR count). The van der Waals surface area contributed by atoms with E-state index in [1.165, 1.54) is 0 Å². The third-order valence-corrected chi connectivity index (χ3v) is 6.55. The molecule has 2 N–H and O–H groups in total. The van der Waals surface area contributed by atoms with Crippen LogP contribution in [0.25, 0.3) is 21.7 Å². The molecule has 0 aliphatic heterocycles. The summed E-state index contributed by atoms with van der Waals surface area (Å²) in [5.74, 6) is 2.68. The number of rotatable bonds is 10. The number of methoxy groups -OCH3 is 3. The molecule has 0 radical (unpaired) electrons. The van der Waals surface area contributed by atoms with E-state index in [0.717, 1.165) is 57.2 Å². The van der Waals surface area contributed by atoms with Crippen LogP contribution in [0.5, 0.6) is 17.2 Å². The van der Waals surface area contributed by atoms with Crippen LogP contribution in [0.4, 0.5) is 5.82 Å². The van der Waals surface area contributed by atoms with Crippen LogP contribution < -0.4 is 24.2 Å². The third-order valence-electron chi connectivity index (χ3n) is 5.88. The van der Waals surface area contributed by atoms with Gasteiger partial charge < -0.3 is 19.5 Å². The Bertz CT molecular complexity index is 1520. The van der Waals surface area contributed by atoms with Crippen LogP contribution in [0.15, 0.2) is 42.6 Å². The highest BCUT2D eigenvalue weighted by Crippen LogP contribution is 2.36. The highest BCUT2D eigenvalue weighted by atomic mass is 32.2. The van der Waals surface area contributed by atoms with Crippen LogP contribution in [0.2, 0.25) is 0 Å². The van der Waals surface area contributed by atoms with Gasteiger partial charge in [0, 0.05) is 29.9 Å². The summed E-state index contributed by atoms with van der Waals surface area (Å²) in [6.45, 7) is 2.81. The fourth-order valence-electron chi connectivity index (χ4n) is 4.15. The summed E-state index contributed by atoms with van der Waals surface area (Å²) in [5.41, 5.74) is 3.40. The van der Waals surface area contributed by atoms with Crippen molar-refractivity contribution in [3.8, 4) is 17.2 Å². The van der Waals surface area contributed by atoms with Crippen molar-refractivity contribution in [1.29, 1.82) is 0 Å². The zero-order valence-electron chi connectivity index (χ0n) is 21.0. The standard InChI is InChI=1S/C26H30N4O5S/c1-6-27-26-17(9-16-11-19(33-2)7-8-22(16)30-26)10-18-14-28-23(15-29-36(5,31)32)21-13-25(35-4)24(34-3)12-20(18)21/h7-9,11-14,29H,6,10,15H2,1-5H3,(H,27,30). The molecule has 0 unspecified atom stereocenters. The van der Waals surface area contributed by atoms with Gasteiger partial charge in [0.15, 0.2) is 11.5 Å². The molecule has 190 valence electrons. The minimum atomic E-state index is -3.39. The molecule has 0 amide bonds. The summed E-state index contributed by atoms with van der Waals surface area (Å²) in [6, 6.07) is 11.6. The lowest BCUT2D eigenvalue weighted by atomic mass is 9.98. The number of nitrogens with zero attached hydrogens (tertiary/aromatic N) is 2. The number of hydrogen-bond acceptors (Lipinski definition) is 8. The summed E-state index contributed by atoms with van der Waals surface area (Å²) in [7, 11) is 1.40. The van der Waals surface area contributed by atoms with Crippen molar-refractivity contribution in [2.24, 2.45) is 0 Å². The molecule has 0 atom stereocenters. The highest BCUT2D eigenvalue weighted by Gasteiger charge is 2.17. The summed E-state index contributed by atoms with van der Waals surface area (Å²) in [6.07, 6.45) is 3.44. The molecular formula is C26H30N4O5S. The van der Waals surface area contributed by atoms with E-state index >= 15 is 0 Å². The second kappa shape index (κ2) is 10.5. The highest BCUT2D eigenvalue weighted by molar-refractivity contribution is 7.88. The van der Waals surface area contributed by atoms with Gasteiger partial charge in [-0.05, 0) is 59.8 Å². The fourth-order valence-corrected chi connectivity index (χ4v) is 4.54. The number of nitrogens with one attached hydrogen (secondary N) is 2. The van der Waals surface area contributed by atoms with Crippen molar-refractivity contribution in [2.75, 3.05) is 39.4 Å². The Labute approximate surface area is 210 Å². The van der Waals surface area contributed by atoms with E-state index < -0.39 is 10.0 Å². The second-order valence-corrected chi connectivity index (χ2v) is 10.2. The molecule has 0 fully saturated rings. The van der Waals surface area contributed by atoms with E-state index in [0.29, 0.717) is 23.6 Å². The SMILES string of the molecule is CCNc1nc2ccc(OC)cc2cc1Cc1cnc(CNS(C)(=O)=O)c2cc(OC)c(OC)cc12. The number of fused-ring (bicyclic) bond motifs is 2. The predicted octanol–water partition coefficient (Wildman–Crippen LogP) is 3.88. The monoisotopic (exact) mass is 510 g/mol. The number of benzene rings is 2. The molecule has 10 heteroatoms. The number of ether oxygens (including phenoxy) is 3. The van der Waals surface area contributed by atoms with Crippen molar-refractivity contribution in [1.82, 2.24) is 14.7 Å². The Hall–Kier alpha value is -3.63. The topological polar surface area (TPSA) is 112 Å². The summed E-state index contributed by atoms with van der Waals surface area (Å²) >= 11 is 0. The minimum Gasteiger partial charge on any atom is -0.497 e. The van der Waals surface area contributed by atoms with E-state index in [1.807, 2.05) is 37.3 Å². The molecule has 2 heterocycles. The molecule has 0 saturated heterocycles. The van der Waals surface area contributed by atoms with Crippen LogP contribution >= 0.6 is 0 Å². The van der Waals surface area contributed by atoms with Gasteiger partial charge in [-0.1, -0.05) is 0 Å². The van der Waals surface area contributed by atoms with E-state index in [4.69, 9.17) is 19.2 Å². The predicted molar refractivity (Wildman–Crippen MR) is 142 cm³/mol. The van der Waals surface area contributed by atoms with Gasteiger partial charge in [0.25, 0.3) is 0 Å². The van der Waals surface area contributed by atoms with Crippen LogP contribution in [0, 0.1) is 0 Å². The van der Waals surface area contributed by atoms with Crippen molar-refractivity contribution in [3.05, 3.63) is 59.4 Å². The first-order valence-corrected chi connectivity index (χ1v) is 13.3. The smallest absolute Gasteiger partial charge is 0.209 e. The van der Waals surface area contributed by atoms with Crippen molar-refractivity contribution < 1.29 is 22.6 Å². The van der Waals surface area contributed by atoms with Gasteiger partial charge in [-0.15, -0.1) is 0 Å². The molecule has 2 aromatic carbocycles. The van der Waals surface area contributed by atoms with Crippen LogP contribution in [-0.4, -0.2) is 52.5 Å². The normalized spacial score (nSPS) is 11.6. The second-order valence-electron chi connectivity index (χ2n) is 8.34. The molecule has 2 aromatic heterocycles. The van der Waals surface area contributed by atoms with Gasteiger partial charge in [0.05, 0.1) is 45.3 Å². The van der Waals surface area contributed by atoms with Gasteiger partial charge in [0.1, 0.15) is 11.6 Å². The molecule has 4 aromatic rings. The Balaban J connectivity index is 1.87. The molecule has 9 nitrogen and oxygen atoms in total. The number of sulfonamides is 1. The quantitative estimate of drug-likeness (QED) is 0.331. The van der Waals surface area contributed by atoms with Gasteiger partial charge in [-0.2, -0.15) is 0 Å². The number of pyridine rings is 2. The third kappa shape index (κ3) is 5.44. The lowest BCUT2D eigenvalue weighted by Crippen LogP contribution is -2.22. The van der Waals surface area contributed by atoms with E-state index in [2.05, 4.69) is 21.1 Å². The van der Waals surface area contributed by atoms with Crippen LogP contribution in [-0.2, 0) is 23.0 Å². The van der Waals surface area contributed by atoms with Gasteiger partial charge in [-0.25, -0.2) is 18.1 Å². The summed E-state index contributed by atoms with van der Waals surface area (Å²) < 4.78 is 42.4. The van der Waals surface area contributed by atoms with Crippen LogP contribution in [0.1, 0.15) is 23.7 Å². The number of anilines is 1.